The molecule has 6 heteroatoms. The number of hydrogen-bond donors (Lipinski definition) is 3. The number of nitrogens with zero attached hydrogens (tertiary/aromatic N) is 1. The van der Waals surface area contributed by atoms with Gasteiger partial charge in [0.2, 0.25) is 0 Å². The van der Waals surface area contributed by atoms with Gasteiger partial charge in [0.25, 0.3) is 0 Å². The topological polar surface area (TPSA) is 66.0 Å². The Morgan fingerprint density at radius 1 is 1.33 bits per heavy atom. The maximum atomic E-state index is 12.0. The van der Waals surface area contributed by atoms with Gasteiger partial charge in [-0.05, 0) is 49.1 Å². The Morgan fingerprint density at radius 2 is 2.21 bits per heavy atom. The maximum absolute atomic E-state index is 12.0. The molecule has 0 bridgehead atoms. The number of hydrogen-bond acceptors (Lipinski definition) is 3. The number of halogens is 1. The second-order valence-electron chi connectivity index (χ2n) is 5.88. The van der Waals surface area contributed by atoms with Crippen LogP contribution in [0, 0.1) is 6.92 Å². The molecule has 1 aromatic carbocycles. The summed E-state index contributed by atoms with van der Waals surface area (Å²) < 4.78 is 0. The summed E-state index contributed by atoms with van der Waals surface area (Å²) in [5, 5.41) is 9.63. The third kappa shape index (κ3) is 3.97. The Labute approximate surface area is 146 Å². The van der Waals surface area contributed by atoms with Crippen molar-refractivity contribution in [3.8, 4) is 0 Å². The number of pyridine rings is 1. The maximum Gasteiger partial charge on any atom is 0.319 e. The van der Waals surface area contributed by atoms with Crippen molar-refractivity contribution in [3.05, 3.63) is 52.2 Å². The van der Waals surface area contributed by atoms with E-state index in [0.29, 0.717) is 18.0 Å². The van der Waals surface area contributed by atoms with E-state index in [9.17, 15) is 4.79 Å². The third-order valence-electron chi connectivity index (χ3n) is 4.13. The molecule has 5 nitrogen and oxygen atoms in total. The quantitative estimate of drug-likeness (QED) is 0.791. The van der Waals surface area contributed by atoms with E-state index in [1.807, 2.05) is 25.1 Å². The van der Waals surface area contributed by atoms with Gasteiger partial charge in [-0.2, -0.15) is 0 Å². The molecule has 0 atom stereocenters. The van der Waals surface area contributed by atoms with Gasteiger partial charge in [0.05, 0.1) is 0 Å². The first-order valence-corrected chi connectivity index (χ1v) is 8.54. The van der Waals surface area contributed by atoms with Crippen LogP contribution in [0.5, 0.6) is 0 Å². The minimum atomic E-state index is -0.239. The number of benzene rings is 1. The van der Waals surface area contributed by atoms with E-state index >= 15 is 0 Å². The van der Waals surface area contributed by atoms with Crippen molar-refractivity contribution < 1.29 is 4.79 Å². The lowest BCUT2D eigenvalue weighted by Crippen LogP contribution is -2.31. The molecule has 3 N–H and O–H groups in total. The van der Waals surface area contributed by atoms with Crippen LogP contribution in [0.2, 0.25) is 5.02 Å². The van der Waals surface area contributed by atoms with E-state index < -0.39 is 0 Å². The Balaban J connectivity index is 1.51. The largest absolute Gasteiger partial charge is 0.370 e. The number of amides is 2. The zero-order valence-corrected chi connectivity index (χ0v) is 14.4. The molecule has 2 heterocycles. The van der Waals surface area contributed by atoms with Gasteiger partial charge in [-0.25, -0.2) is 9.78 Å². The average molecular weight is 345 g/mol. The molecule has 0 spiro atoms. The highest BCUT2D eigenvalue weighted by atomic mass is 35.5. The molecule has 3 rings (SSSR count). The molecule has 0 saturated heterocycles. The van der Waals surface area contributed by atoms with Crippen molar-refractivity contribution in [1.29, 1.82) is 0 Å². The van der Waals surface area contributed by atoms with Crippen molar-refractivity contribution in [1.82, 2.24) is 10.3 Å². The smallest absolute Gasteiger partial charge is 0.319 e. The summed E-state index contributed by atoms with van der Waals surface area (Å²) in [4.78, 5) is 16.6. The molecular weight excluding hydrogens is 324 g/mol. The fraction of sp³-hybridized carbons (Fsp3) is 0.333. The summed E-state index contributed by atoms with van der Waals surface area (Å²) in [5.41, 5.74) is 3.82. The number of carbonyl (C=O) groups is 1. The van der Waals surface area contributed by atoms with Crippen molar-refractivity contribution in [3.63, 3.8) is 0 Å². The highest BCUT2D eigenvalue weighted by Gasteiger charge is 2.10. The van der Waals surface area contributed by atoms with Crippen LogP contribution in [0.4, 0.5) is 16.3 Å². The summed E-state index contributed by atoms with van der Waals surface area (Å²) in [6, 6.07) is 9.37. The van der Waals surface area contributed by atoms with Gasteiger partial charge in [-0.1, -0.05) is 23.7 Å². The molecule has 0 saturated carbocycles. The van der Waals surface area contributed by atoms with E-state index in [0.717, 1.165) is 42.1 Å². The van der Waals surface area contributed by atoms with Gasteiger partial charge in [0, 0.05) is 35.9 Å². The normalized spacial score (nSPS) is 12.9. The number of nitrogens with one attached hydrogen (secondary N) is 3. The molecule has 1 aromatic heterocycles. The number of fused-ring (bicyclic) bond motifs is 1. The molecule has 24 heavy (non-hydrogen) atoms. The average Bonchev–Trinajstić information content (AvgIpc) is 2.59. The minimum Gasteiger partial charge on any atom is -0.370 e. The molecule has 126 valence electrons. The Bertz CT molecular complexity index is 748. The van der Waals surface area contributed by atoms with Crippen LogP contribution in [0.1, 0.15) is 23.2 Å². The summed E-state index contributed by atoms with van der Waals surface area (Å²) in [6.07, 6.45) is 2.92. The van der Waals surface area contributed by atoms with E-state index in [2.05, 4.69) is 27.0 Å². The minimum absolute atomic E-state index is 0.239. The number of carbonyl (C=O) groups excluding carboxylic acids is 1. The van der Waals surface area contributed by atoms with Crippen molar-refractivity contribution >= 4 is 29.1 Å². The lowest BCUT2D eigenvalue weighted by atomic mass is 10.1. The number of rotatable bonds is 4. The van der Waals surface area contributed by atoms with Crippen molar-refractivity contribution in [2.24, 2.45) is 0 Å². The first-order valence-electron chi connectivity index (χ1n) is 8.16. The molecule has 0 aliphatic carbocycles. The SMILES string of the molecule is Cc1c(Cl)cccc1NC(=O)NCCc1ccc2c(n1)NCCC2. The fourth-order valence-corrected chi connectivity index (χ4v) is 2.90. The van der Waals surface area contributed by atoms with Crippen LogP contribution < -0.4 is 16.0 Å². The van der Waals surface area contributed by atoms with Gasteiger partial charge in [-0.3, -0.25) is 0 Å². The Hall–Kier alpha value is -2.27. The number of aromatic nitrogens is 1. The van der Waals surface area contributed by atoms with Crippen LogP contribution in [0.15, 0.2) is 30.3 Å². The zero-order valence-electron chi connectivity index (χ0n) is 13.7. The van der Waals surface area contributed by atoms with Gasteiger partial charge in [0.15, 0.2) is 0 Å². The monoisotopic (exact) mass is 344 g/mol. The summed E-state index contributed by atoms with van der Waals surface area (Å²) in [7, 11) is 0. The van der Waals surface area contributed by atoms with Gasteiger partial charge >= 0.3 is 6.03 Å². The molecule has 2 amide bonds. The van der Waals surface area contributed by atoms with Crippen LogP contribution >= 0.6 is 11.6 Å². The Kier molecular flexibility index (Phi) is 5.20. The molecule has 0 radical (unpaired) electrons. The van der Waals surface area contributed by atoms with Crippen molar-refractivity contribution in [2.45, 2.75) is 26.2 Å². The highest BCUT2D eigenvalue weighted by Crippen LogP contribution is 2.23. The second kappa shape index (κ2) is 7.53. The predicted octanol–water partition coefficient (Wildman–Crippen LogP) is 3.77. The van der Waals surface area contributed by atoms with Crippen LogP contribution in [0.3, 0.4) is 0 Å². The molecular formula is C18H21ClN4O. The van der Waals surface area contributed by atoms with E-state index in [-0.39, 0.29) is 6.03 Å². The molecule has 2 aromatic rings. The standard InChI is InChI=1S/C18H21ClN4O/c1-12-15(19)5-2-6-16(12)23-18(24)21-11-9-14-8-7-13-4-3-10-20-17(13)22-14/h2,5-8H,3-4,9-11H2,1H3,(H,20,22)(H2,21,23,24). The summed E-state index contributed by atoms with van der Waals surface area (Å²) in [5.74, 6) is 0.984. The van der Waals surface area contributed by atoms with Gasteiger partial charge < -0.3 is 16.0 Å². The van der Waals surface area contributed by atoms with Crippen LogP contribution in [-0.4, -0.2) is 24.1 Å². The van der Waals surface area contributed by atoms with Crippen LogP contribution in [0.25, 0.3) is 0 Å². The predicted molar refractivity (Wildman–Crippen MR) is 98.0 cm³/mol. The number of aryl methyl sites for hydroxylation is 1. The summed E-state index contributed by atoms with van der Waals surface area (Å²) in [6.45, 7) is 3.38. The second-order valence-corrected chi connectivity index (χ2v) is 6.29. The summed E-state index contributed by atoms with van der Waals surface area (Å²) >= 11 is 6.05. The fourth-order valence-electron chi connectivity index (χ4n) is 2.72. The lowest BCUT2D eigenvalue weighted by molar-refractivity contribution is 0.252. The molecule has 0 fully saturated rings. The number of urea groups is 1. The Morgan fingerprint density at radius 3 is 3.08 bits per heavy atom. The first kappa shape index (κ1) is 16.6. The first-order chi connectivity index (χ1) is 11.6. The molecule has 0 unspecified atom stereocenters. The van der Waals surface area contributed by atoms with Crippen molar-refractivity contribution in [2.75, 3.05) is 23.7 Å². The van der Waals surface area contributed by atoms with Gasteiger partial charge in [0.1, 0.15) is 5.82 Å². The van der Waals surface area contributed by atoms with Gasteiger partial charge in [-0.15, -0.1) is 0 Å². The zero-order chi connectivity index (χ0) is 16.9. The van der Waals surface area contributed by atoms with E-state index in [1.54, 1.807) is 6.07 Å². The van der Waals surface area contributed by atoms with Crippen LogP contribution in [-0.2, 0) is 12.8 Å². The lowest BCUT2D eigenvalue weighted by Gasteiger charge is -2.17. The van der Waals surface area contributed by atoms with E-state index in [4.69, 9.17) is 11.6 Å². The third-order valence-corrected chi connectivity index (χ3v) is 4.54. The molecule has 1 aliphatic heterocycles. The highest BCUT2D eigenvalue weighted by molar-refractivity contribution is 6.31. The van der Waals surface area contributed by atoms with E-state index in [1.165, 1.54) is 5.56 Å². The molecule has 1 aliphatic rings. The number of anilines is 2.